The molecule has 0 saturated heterocycles. The zero-order valence-electron chi connectivity index (χ0n) is 12.3. The highest BCUT2D eigenvalue weighted by molar-refractivity contribution is 5.80. The summed E-state index contributed by atoms with van der Waals surface area (Å²) in [6, 6.07) is 6.29. The van der Waals surface area contributed by atoms with Crippen molar-refractivity contribution in [2.45, 2.75) is 26.2 Å². The molecule has 1 aromatic rings. The molecule has 2 rings (SSSR count). The van der Waals surface area contributed by atoms with Crippen LogP contribution in [0.1, 0.15) is 25.3 Å². The van der Waals surface area contributed by atoms with E-state index >= 15 is 0 Å². The van der Waals surface area contributed by atoms with E-state index in [9.17, 15) is 14.0 Å². The molecule has 0 spiro atoms. The third-order valence-corrected chi connectivity index (χ3v) is 3.66. The molecule has 1 aliphatic carbocycles. The Morgan fingerprint density at radius 2 is 1.90 bits per heavy atom. The highest BCUT2D eigenvalue weighted by Crippen LogP contribution is 2.28. The summed E-state index contributed by atoms with van der Waals surface area (Å²) in [6.07, 6.45) is 2.63. The minimum Gasteiger partial charge on any atom is -0.354 e. The number of benzene rings is 1. The van der Waals surface area contributed by atoms with Gasteiger partial charge in [-0.2, -0.15) is 0 Å². The number of nitrogens with one attached hydrogen (secondary N) is 1. The zero-order valence-corrected chi connectivity index (χ0v) is 12.3. The molecule has 2 amide bonds. The summed E-state index contributed by atoms with van der Waals surface area (Å²) in [5.74, 6) is 0.00905. The van der Waals surface area contributed by atoms with Gasteiger partial charge in [0.2, 0.25) is 11.8 Å². The Labute approximate surface area is 124 Å². The summed E-state index contributed by atoms with van der Waals surface area (Å²) in [6.45, 7) is 3.08. The topological polar surface area (TPSA) is 49.4 Å². The molecule has 114 valence electrons. The van der Waals surface area contributed by atoms with Crippen LogP contribution in [0.4, 0.5) is 4.39 Å². The number of nitrogens with zero attached hydrogens (tertiary/aromatic N) is 1. The molecule has 1 N–H and O–H groups in total. The number of amides is 2. The lowest BCUT2D eigenvalue weighted by atomic mass is 10.1. The van der Waals surface area contributed by atoms with Crippen LogP contribution in [-0.4, -0.2) is 36.3 Å². The minimum atomic E-state index is -0.259. The fourth-order valence-corrected chi connectivity index (χ4v) is 2.15. The van der Waals surface area contributed by atoms with Gasteiger partial charge in [0.25, 0.3) is 0 Å². The van der Waals surface area contributed by atoms with Crippen molar-refractivity contribution in [3.63, 3.8) is 0 Å². The maximum atomic E-state index is 12.8. The van der Waals surface area contributed by atoms with Crippen molar-refractivity contribution in [2.75, 3.05) is 19.6 Å². The van der Waals surface area contributed by atoms with Crippen LogP contribution in [0.25, 0.3) is 0 Å². The molecule has 0 atom stereocenters. The number of carbonyl (C=O) groups excluding carboxylic acids is 2. The van der Waals surface area contributed by atoms with Crippen molar-refractivity contribution in [1.29, 1.82) is 0 Å². The largest absolute Gasteiger partial charge is 0.354 e. The summed E-state index contributed by atoms with van der Waals surface area (Å²) in [4.78, 5) is 24.8. The Bertz CT molecular complexity index is 498. The molecule has 1 aliphatic rings. The fourth-order valence-electron chi connectivity index (χ4n) is 2.15. The van der Waals surface area contributed by atoms with Gasteiger partial charge < -0.3 is 10.2 Å². The maximum absolute atomic E-state index is 12.8. The van der Waals surface area contributed by atoms with Gasteiger partial charge in [-0.15, -0.1) is 0 Å². The summed E-state index contributed by atoms with van der Waals surface area (Å²) in [5.41, 5.74) is 0.990. The normalized spacial score (nSPS) is 13.8. The van der Waals surface area contributed by atoms with Crippen LogP contribution < -0.4 is 5.32 Å². The van der Waals surface area contributed by atoms with E-state index in [1.165, 1.54) is 19.1 Å². The van der Waals surface area contributed by atoms with Crippen LogP contribution >= 0.6 is 0 Å². The van der Waals surface area contributed by atoms with Gasteiger partial charge in [0.1, 0.15) is 5.82 Å². The molecule has 21 heavy (non-hydrogen) atoms. The molecule has 0 unspecified atom stereocenters. The lowest BCUT2D eigenvalue weighted by molar-refractivity contribution is -0.129. The molecule has 1 fully saturated rings. The van der Waals surface area contributed by atoms with Crippen molar-refractivity contribution < 1.29 is 14.0 Å². The molecule has 1 saturated carbocycles. The van der Waals surface area contributed by atoms with Crippen LogP contribution in [0.5, 0.6) is 0 Å². The van der Waals surface area contributed by atoms with Gasteiger partial charge in [-0.25, -0.2) is 4.39 Å². The minimum absolute atomic E-state index is 0.0159. The van der Waals surface area contributed by atoms with E-state index in [1.807, 2.05) is 0 Å². The van der Waals surface area contributed by atoms with E-state index in [1.54, 1.807) is 17.0 Å². The molecule has 0 radical (unpaired) electrons. The number of halogens is 1. The second-order valence-electron chi connectivity index (χ2n) is 5.45. The fraction of sp³-hybridized carbons (Fsp3) is 0.500. The van der Waals surface area contributed by atoms with E-state index in [4.69, 9.17) is 0 Å². The predicted molar refractivity (Wildman–Crippen MR) is 78.1 cm³/mol. The monoisotopic (exact) mass is 292 g/mol. The van der Waals surface area contributed by atoms with Crippen molar-refractivity contribution in [3.05, 3.63) is 35.6 Å². The molecule has 4 nitrogen and oxygen atoms in total. The van der Waals surface area contributed by atoms with E-state index in [-0.39, 0.29) is 23.5 Å². The highest BCUT2D eigenvalue weighted by atomic mass is 19.1. The first-order valence-electron chi connectivity index (χ1n) is 7.34. The summed E-state index contributed by atoms with van der Waals surface area (Å²) >= 11 is 0. The first-order chi connectivity index (χ1) is 10.1. The third kappa shape index (κ3) is 5.17. The quantitative estimate of drug-likeness (QED) is 0.832. The van der Waals surface area contributed by atoms with Crippen molar-refractivity contribution in [2.24, 2.45) is 5.92 Å². The lowest BCUT2D eigenvalue weighted by Gasteiger charge is -2.21. The highest BCUT2D eigenvalue weighted by Gasteiger charge is 2.29. The molecular weight excluding hydrogens is 271 g/mol. The SMILES string of the molecule is CC(=O)N(CCNC(=O)C1CC1)CCc1ccc(F)cc1. The first kappa shape index (κ1) is 15.5. The van der Waals surface area contributed by atoms with Crippen LogP contribution in [-0.2, 0) is 16.0 Å². The van der Waals surface area contributed by atoms with Crippen LogP contribution in [0.2, 0.25) is 0 Å². The third-order valence-electron chi connectivity index (χ3n) is 3.66. The van der Waals surface area contributed by atoms with Crippen molar-refractivity contribution >= 4 is 11.8 Å². The average Bonchev–Trinajstić information content (AvgIpc) is 3.28. The van der Waals surface area contributed by atoms with Gasteiger partial charge in [0, 0.05) is 32.5 Å². The van der Waals surface area contributed by atoms with Gasteiger partial charge in [-0.05, 0) is 37.0 Å². The Morgan fingerprint density at radius 3 is 2.48 bits per heavy atom. The van der Waals surface area contributed by atoms with Crippen molar-refractivity contribution in [1.82, 2.24) is 10.2 Å². The molecule has 0 aromatic heterocycles. The Hall–Kier alpha value is -1.91. The van der Waals surface area contributed by atoms with Gasteiger partial charge in [-0.1, -0.05) is 12.1 Å². The molecule has 0 aliphatic heterocycles. The van der Waals surface area contributed by atoms with E-state index in [2.05, 4.69) is 5.32 Å². The van der Waals surface area contributed by atoms with Gasteiger partial charge in [0.05, 0.1) is 0 Å². The van der Waals surface area contributed by atoms with E-state index in [0.29, 0.717) is 26.1 Å². The standard InChI is InChI=1S/C16H21FN2O2/c1-12(20)19(11-9-18-16(21)14-4-5-14)10-8-13-2-6-15(17)7-3-13/h2-3,6-7,14H,4-5,8-11H2,1H3,(H,18,21). The van der Waals surface area contributed by atoms with Gasteiger partial charge in [0.15, 0.2) is 0 Å². The van der Waals surface area contributed by atoms with Crippen LogP contribution in [0.3, 0.4) is 0 Å². The van der Waals surface area contributed by atoms with E-state index in [0.717, 1.165) is 18.4 Å². The zero-order chi connectivity index (χ0) is 15.2. The van der Waals surface area contributed by atoms with E-state index < -0.39 is 0 Å². The predicted octanol–water partition coefficient (Wildman–Crippen LogP) is 1.74. The van der Waals surface area contributed by atoms with Gasteiger partial charge >= 0.3 is 0 Å². The number of hydrogen-bond donors (Lipinski definition) is 1. The first-order valence-corrected chi connectivity index (χ1v) is 7.34. The Morgan fingerprint density at radius 1 is 1.24 bits per heavy atom. The Kier molecular flexibility index (Phi) is 5.31. The van der Waals surface area contributed by atoms with Crippen LogP contribution in [0, 0.1) is 11.7 Å². The second-order valence-corrected chi connectivity index (χ2v) is 5.45. The molecule has 1 aromatic carbocycles. The number of rotatable bonds is 7. The summed E-state index contributed by atoms with van der Waals surface area (Å²) in [5, 5.41) is 2.85. The molecule has 0 bridgehead atoms. The van der Waals surface area contributed by atoms with Gasteiger partial charge in [-0.3, -0.25) is 9.59 Å². The average molecular weight is 292 g/mol. The summed E-state index contributed by atoms with van der Waals surface area (Å²) < 4.78 is 12.8. The molecule has 0 heterocycles. The van der Waals surface area contributed by atoms with Crippen molar-refractivity contribution in [3.8, 4) is 0 Å². The Balaban J connectivity index is 1.74. The second kappa shape index (κ2) is 7.20. The number of carbonyl (C=O) groups is 2. The smallest absolute Gasteiger partial charge is 0.223 e. The molecular formula is C16H21FN2O2. The molecule has 5 heteroatoms. The van der Waals surface area contributed by atoms with Crippen LogP contribution in [0.15, 0.2) is 24.3 Å². The summed E-state index contributed by atoms with van der Waals surface area (Å²) in [7, 11) is 0. The lowest BCUT2D eigenvalue weighted by Crippen LogP contribution is -2.39. The number of hydrogen-bond acceptors (Lipinski definition) is 2. The maximum Gasteiger partial charge on any atom is 0.223 e.